The minimum atomic E-state index is 0.0783. The van der Waals surface area contributed by atoms with Crippen molar-refractivity contribution < 1.29 is 4.74 Å². The molecule has 1 aromatic rings. The van der Waals surface area contributed by atoms with E-state index in [0.29, 0.717) is 0 Å². The molecule has 2 heterocycles. The molecule has 0 N–H and O–H groups in total. The minimum Gasteiger partial charge on any atom is -0.378 e. The summed E-state index contributed by atoms with van der Waals surface area (Å²) < 4.78 is 5.36. The van der Waals surface area contributed by atoms with Gasteiger partial charge >= 0.3 is 0 Å². The Kier molecular flexibility index (Phi) is 3.10. The number of ether oxygens (including phenoxy) is 1. The number of hydrogen-bond donors (Lipinski definition) is 0. The summed E-state index contributed by atoms with van der Waals surface area (Å²) in [6.45, 7) is 9.97. The summed E-state index contributed by atoms with van der Waals surface area (Å²) in [6, 6.07) is 0. The molecular formula is C12H19N3O. The second-order valence-electron chi connectivity index (χ2n) is 5.11. The summed E-state index contributed by atoms with van der Waals surface area (Å²) in [5, 5.41) is 0. The lowest BCUT2D eigenvalue weighted by atomic mass is 9.88. The summed E-state index contributed by atoms with van der Waals surface area (Å²) in [6.07, 6.45) is 3.55. The van der Waals surface area contributed by atoms with E-state index in [-0.39, 0.29) is 5.41 Å². The van der Waals surface area contributed by atoms with Crippen LogP contribution >= 0.6 is 0 Å². The van der Waals surface area contributed by atoms with Gasteiger partial charge in [-0.3, -0.25) is 0 Å². The van der Waals surface area contributed by atoms with E-state index in [1.807, 2.05) is 6.20 Å². The highest BCUT2D eigenvalue weighted by molar-refractivity contribution is 5.49. The van der Waals surface area contributed by atoms with Gasteiger partial charge in [0.15, 0.2) is 0 Å². The van der Waals surface area contributed by atoms with Crippen LogP contribution in [0.4, 0.5) is 5.82 Å². The highest BCUT2D eigenvalue weighted by Gasteiger charge is 2.23. The number of rotatable bonds is 1. The summed E-state index contributed by atoms with van der Waals surface area (Å²) in [5.41, 5.74) is 1.28. The van der Waals surface area contributed by atoms with E-state index in [4.69, 9.17) is 4.74 Å². The summed E-state index contributed by atoms with van der Waals surface area (Å²) >= 11 is 0. The third-order valence-corrected chi connectivity index (χ3v) is 2.81. The van der Waals surface area contributed by atoms with Crippen molar-refractivity contribution in [1.82, 2.24) is 9.97 Å². The Hall–Kier alpha value is -1.16. The van der Waals surface area contributed by atoms with Gasteiger partial charge in [0.1, 0.15) is 12.1 Å². The second-order valence-corrected chi connectivity index (χ2v) is 5.11. The van der Waals surface area contributed by atoms with Crippen molar-refractivity contribution in [2.45, 2.75) is 26.2 Å². The fraction of sp³-hybridized carbons (Fsp3) is 0.667. The third-order valence-electron chi connectivity index (χ3n) is 2.81. The van der Waals surface area contributed by atoms with E-state index in [1.54, 1.807) is 6.33 Å². The molecule has 0 saturated carbocycles. The van der Waals surface area contributed by atoms with Crippen LogP contribution in [-0.2, 0) is 10.2 Å². The molecule has 0 aromatic carbocycles. The van der Waals surface area contributed by atoms with Crippen LogP contribution < -0.4 is 4.90 Å². The van der Waals surface area contributed by atoms with Gasteiger partial charge in [0.2, 0.25) is 0 Å². The molecule has 0 bridgehead atoms. The van der Waals surface area contributed by atoms with Crippen molar-refractivity contribution in [3.05, 3.63) is 18.1 Å². The summed E-state index contributed by atoms with van der Waals surface area (Å²) in [7, 11) is 0. The molecular weight excluding hydrogens is 202 g/mol. The monoisotopic (exact) mass is 221 g/mol. The van der Waals surface area contributed by atoms with Crippen molar-refractivity contribution in [3.63, 3.8) is 0 Å². The molecule has 4 nitrogen and oxygen atoms in total. The first-order valence-corrected chi connectivity index (χ1v) is 5.72. The van der Waals surface area contributed by atoms with Gasteiger partial charge in [0, 0.05) is 24.8 Å². The molecule has 0 spiro atoms. The molecule has 0 atom stereocenters. The van der Waals surface area contributed by atoms with Gasteiger partial charge < -0.3 is 9.64 Å². The average molecular weight is 221 g/mol. The van der Waals surface area contributed by atoms with E-state index in [2.05, 4.69) is 35.6 Å². The van der Waals surface area contributed by atoms with E-state index in [9.17, 15) is 0 Å². The standard InChI is InChI=1S/C12H19N3O/c1-12(2,3)10-8-13-9-14-11(10)15-4-6-16-7-5-15/h8-9H,4-7H2,1-3H3. The van der Waals surface area contributed by atoms with Gasteiger partial charge in [0.25, 0.3) is 0 Å². The number of morpholine rings is 1. The zero-order chi connectivity index (χ0) is 11.6. The predicted octanol–water partition coefficient (Wildman–Crippen LogP) is 1.61. The number of anilines is 1. The number of aromatic nitrogens is 2. The minimum absolute atomic E-state index is 0.0783. The maximum Gasteiger partial charge on any atom is 0.135 e. The molecule has 0 radical (unpaired) electrons. The number of nitrogens with zero attached hydrogens (tertiary/aromatic N) is 3. The largest absolute Gasteiger partial charge is 0.378 e. The van der Waals surface area contributed by atoms with Crippen molar-refractivity contribution in [2.24, 2.45) is 0 Å². The van der Waals surface area contributed by atoms with Crippen LogP contribution in [0.2, 0.25) is 0 Å². The van der Waals surface area contributed by atoms with Gasteiger partial charge in [-0.2, -0.15) is 0 Å². The van der Waals surface area contributed by atoms with Crippen LogP contribution in [0, 0.1) is 0 Å². The van der Waals surface area contributed by atoms with Crippen LogP contribution in [0.5, 0.6) is 0 Å². The van der Waals surface area contributed by atoms with Crippen LogP contribution in [-0.4, -0.2) is 36.3 Å². The highest BCUT2D eigenvalue weighted by Crippen LogP contribution is 2.29. The molecule has 1 aliphatic heterocycles. The van der Waals surface area contributed by atoms with E-state index < -0.39 is 0 Å². The van der Waals surface area contributed by atoms with Gasteiger partial charge in [-0.05, 0) is 5.41 Å². The molecule has 1 aliphatic rings. The molecule has 0 aliphatic carbocycles. The Bertz CT molecular complexity index is 354. The van der Waals surface area contributed by atoms with Crippen LogP contribution in [0.1, 0.15) is 26.3 Å². The van der Waals surface area contributed by atoms with Gasteiger partial charge in [0.05, 0.1) is 13.2 Å². The van der Waals surface area contributed by atoms with Crippen molar-refractivity contribution in [3.8, 4) is 0 Å². The molecule has 2 rings (SSSR count). The number of hydrogen-bond acceptors (Lipinski definition) is 4. The Labute approximate surface area is 96.7 Å². The normalized spacial score (nSPS) is 17.6. The predicted molar refractivity (Wildman–Crippen MR) is 63.8 cm³/mol. The summed E-state index contributed by atoms with van der Waals surface area (Å²) in [4.78, 5) is 10.8. The Morgan fingerprint density at radius 3 is 2.56 bits per heavy atom. The van der Waals surface area contributed by atoms with E-state index >= 15 is 0 Å². The first kappa shape index (κ1) is 11.3. The van der Waals surface area contributed by atoms with Crippen LogP contribution in [0.25, 0.3) is 0 Å². The van der Waals surface area contributed by atoms with Crippen molar-refractivity contribution in [2.75, 3.05) is 31.2 Å². The molecule has 0 amide bonds. The molecule has 88 valence electrons. The molecule has 16 heavy (non-hydrogen) atoms. The zero-order valence-electron chi connectivity index (χ0n) is 10.2. The van der Waals surface area contributed by atoms with Gasteiger partial charge in [-0.25, -0.2) is 9.97 Å². The maximum atomic E-state index is 5.36. The van der Waals surface area contributed by atoms with Crippen molar-refractivity contribution in [1.29, 1.82) is 0 Å². The second kappa shape index (κ2) is 4.37. The average Bonchev–Trinajstić information content (AvgIpc) is 2.29. The van der Waals surface area contributed by atoms with Gasteiger partial charge in [-0.1, -0.05) is 20.8 Å². The Balaban J connectivity index is 2.32. The van der Waals surface area contributed by atoms with E-state index in [0.717, 1.165) is 32.1 Å². The fourth-order valence-electron chi connectivity index (χ4n) is 1.88. The smallest absolute Gasteiger partial charge is 0.135 e. The molecule has 1 fully saturated rings. The lowest BCUT2D eigenvalue weighted by Gasteiger charge is -2.32. The topological polar surface area (TPSA) is 38.2 Å². The van der Waals surface area contributed by atoms with Crippen LogP contribution in [0.3, 0.4) is 0 Å². The van der Waals surface area contributed by atoms with Gasteiger partial charge in [-0.15, -0.1) is 0 Å². The highest BCUT2D eigenvalue weighted by atomic mass is 16.5. The molecule has 1 saturated heterocycles. The maximum absolute atomic E-state index is 5.36. The quantitative estimate of drug-likeness (QED) is 0.722. The first-order valence-electron chi connectivity index (χ1n) is 5.72. The van der Waals surface area contributed by atoms with Crippen molar-refractivity contribution >= 4 is 5.82 Å². The fourth-order valence-corrected chi connectivity index (χ4v) is 1.88. The molecule has 4 heteroatoms. The first-order chi connectivity index (χ1) is 7.59. The zero-order valence-corrected chi connectivity index (χ0v) is 10.2. The Morgan fingerprint density at radius 2 is 1.94 bits per heavy atom. The molecule has 1 aromatic heterocycles. The Morgan fingerprint density at radius 1 is 1.25 bits per heavy atom. The molecule has 0 unspecified atom stereocenters. The lowest BCUT2D eigenvalue weighted by molar-refractivity contribution is 0.122. The van der Waals surface area contributed by atoms with Crippen LogP contribution in [0.15, 0.2) is 12.5 Å². The third kappa shape index (κ3) is 2.32. The lowest BCUT2D eigenvalue weighted by Crippen LogP contribution is -2.38. The summed E-state index contributed by atoms with van der Waals surface area (Å²) in [5.74, 6) is 1.06. The SMILES string of the molecule is CC(C)(C)c1cncnc1N1CCOCC1. The van der Waals surface area contributed by atoms with E-state index in [1.165, 1.54) is 5.56 Å².